The SMILES string of the molecule is CC(=O)Nc1cccc(C(=O)N[C@H]2CC[C@@H](Nc3cccc4sc(C(F)(F)F)cc34)CC2)c1. The molecule has 3 N–H and O–H groups in total. The quantitative estimate of drug-likeness (QED) is 0.422. The second-order valence-corrected chi connectivity index (χ2v) is 9.34. The summed E-state index contributed by atoms with van der Waals surface area (Å²) in [6, 6.07) is 13.4. The molecule has 1 heterocycles. The molecule has 4 rings (SSSR count). The molecule has 33 heavy (non-hydrogen) atoms. The van der Waals surface area contributed by atoms with Gasteiger partial charge >= 0.3 is 6.18 Å². The van der Waals surface area contributed by atoms with Crippen LogP contribution in [0.1, 0.15) is 47.8 Å². The number of carbonyl (C=O) groups excluding carboxylic acids is 2. The smallest absolute Gasteiger partial charge is 0.382 e. The fourth-order valence-electron chi connectivity index (χ4n) is 4.14. The number of nitrogens with one attached hydrogen (secondary N) is 3. The average molecular weight is 476 g/mol. The van der Waals surface area contributed by atoms with Gasteiger partial charge in [-0.3, -0.25) is 9.59 Å². The third-order valence-corrected chi connectivity index (χ3v) is 6.85. The first kappa shape index (κ1) is 23.1. The summed E-state index contributed by atoms with van der Waals surface area (Å²) in [4.78, 5) is 23.2. The minimum absolute atomic E-state index is 0.0220. The number of halogens is 3. The summed E-state index contributed by atoms with van der Waals surface area (Å²) in [7, 11) is 0. The van der Waals surface area contributed by atoms with Crippen molar-refractivity contribution in [2.24, 2.45) is 0 Å². The van der Waals surface area contributed by atoms with Crippen molar-refractivity contribution < 1.29 is 22.8 Å². The Bertz CT molecular complexity index is 1170. The summed E-state index contributed by atoms with van der Waals surface area (Å²) in [6.45, 7) is 1.41. The first-order chi connectivity index (χ1) is 15.7. The van der Waals surface area contributed by atoms with Crippen molar-refractivity contribution in [3.8, 4) is 0 Å². The zero-order valence-corrected chi connectivity index (χ0v) is 18.8. The first-order valence-corrected chi connectivity index (χ1v) is 11.6. The molecule has 0 atom stereocenters. The molecule has 1 aliphatic carbocycles. The number of hydrogen-bond donors (Lipinski definition) is 3. The maximum absolute atomic E-state index is 13.1. The maximum atomic E-state index is 13.1. The van der Waals surface area contributed by atoms with Crippen LogP contribution in [-0.2, 0) is 11.0 Å². The highest BCUT2D eigenvalue weighted by Crippen LogP contribution is 2.40. The lowest BCUT2D eigenvalue weighted by Gasteiger charge is -2.30. The summed E-state index contributed by atoms with van der Waals surface area (Å²) in [5.41, 5.74) is 1.76. The monoisotopic (exact) mass is 475 g/mol. The van der Waals surface area contributed by atoms with Crippen LogP contribution in [0.4, 0.5) is 24.5 Å². The molecule has 9 heteroatoms. The van der Waals surface area contributed by atoms with Gasteiger partial charge < -0.3 is 16.0 Å². The van der Waals surface area contributed by atoms with Gasteiger partial charge in [0.15, 0.2) is 0 Å². The molecule has 0 unspecified atom stereocenters. The highest BCUT2D eigenvalue weighted by Gasteiger charge is 2.33. The molecule has 2 aromatic carbocycles. The van der Waals surface area contributed by atoms with E-state index < -0.39 is 11.1 Å². The van der Waals surface area contributed by atoms with Crippen molar-refractivity contribution >= 4 is 44.6 Å². The third-order valence-electron chi connectivity index (χ3n) is 5.71. The van der Waals surface area contributed by atoms with Gasteiger partial charge in [0.05, 0.1) is 0 Å². The Hall–Kier alpha value is -3.07. The summed E-state index contributed by atoms with van der Waals surface area (Å²) in [6.07, 6.45) is -1.23. The van der Waals surface area contributed by atoms with E-state index in [1.807, 2.05) is 6.07 Å². The van der Waals surface area contributed by atoms with Gasteiger partial charge in [0.1, 0.15) is 4.88 Å². The molecule has 0 bridgehead atoms. The molecule has 3 aromatic rings. The zero-order chi connectivity index (χ0) is 23.6. The van der Waals surface area contributed by atoms with E-state index in [2.05, 4.69) is 16.0 Å². The summed E-state index contributed by atoms with van der Waals surface area (Å²) in [5, 5.41) is 9.71. The largest absolute Gasteiger partial charge is 0.425 e. The predicted octanol–water partition coefficient (Wildman–Crippen LogP) is 6.03. The van der Waals surface area contributed by atoms with Crippen LogP contribution in [0.3, 0.4) is 0 Å². The third kappa shape index (κ3) is 5.65. The molecule has 0 saturated heterocycles. The normalized spacial score (nSPS) is 18.7. The van der Waals surface area contributed by atoms with Gasteiger partial charge in [0, 0.05) is 46.0 Å². The van der Waals surface area contributed by atoms with Gasteiger partial charge in [-0.1, -0.05) is 12.1 Å². The molecule has 0 spiro atoms. The van der Waals surface area contributed by atoms with Gasteiger partial charge in [-0.25, -0.2) is 0 Å². The molecule has 5 nitrogen and oxygen atoms in total. The molecular weight excluding hydrogens is 451 g/mol. The topological polar surface area (TPSA) is 70.2 Å². The number of fused-ring (bicyclic) bond motifs is 1. The molecule has 1 aromatic heterocycles. The van der Waals surface area contributed by atoms with Crippen molar-refractivity contribution in [3.05, 3.63) is 59.0 Å². The van der Waals surface area contributed by atoms with Gasteiger partial charge in [-0.2, -0.15) is 13.2 Å². The van der Waals surface area contributed by atoms with Crippen LogP contribution >= 0.6 is 11.3 Å². The number of alkyl halides is 3. The molecule has 174 valence electrons. The van der Waals surface area contributed by atoms with E-state index in [0.29, 0.717) is 27.0 Å². The summed E-state index contributed by atoms with van der Waals surface area (Å²) >= 11 is 0.754. The Labute approximate surface area is 193 Å². The van der Waals surface area contributed by atoms with Crippen LogP contribution < -0.4 is 16.0 Å². The Kier molecular flexibility index (Phi) is 6.60. The standard InChI is InChI=1S/C24H24F3N3O2S/c1-14(31)28-18-5-2-4-15(12-18)23(32)30-17-10-8-16(9-11-17)29-20-6-3-7-21-19(20)13-22(33-21)24(25,26)27/h2-7,12-13,16-17,29H,8-11H2,1H3,(H,28,31)(H,30,32)/t16-,17+. The van der Waals surface area contributed by atoms with Crippen LogP contribution in [0.15, 0.2) is 48.5 Å². The number of hydrogen-bond acceptors (Lipinski definition) is 4. The molecule has 1 aliphatic rings. The minimum Gasteiger partial charge on any atom is -0.382 e. The number of rotatable bonds is 5. The Balaban J connectivity index is 1.35. The summed E-state index contributed by atoms with van der Waals surface area (Å²) in [5.74, 6) is -0.396. The van der Waals surface area contributed by atoms with Crippen LogP contribution in [0.25, 0.3) is 10.1 Å². The lowest BCUT2D eigenvalue weighted by atomic mass is 9.90. The van der Waals surface area contributed by atoms with Crippen LogP contribution in [0, 0.1) is 0 Å². The lowest BCUT2D eigenvalue weighted by Crippen LogP contribution is -2.40. The predicted molar refractivity (Wildman–Crippen MR) is 125 cm³/mol. The van der Waals surface area contributed by atoms with E-state index in [0.717, 1.165) is 37.0 Å². The molecule has 1 fully saturated rings. The lowest BCUT2D eigenvalue weighted by molar-refractivity contribution is -0.134. The number of benzene rings is 2. The number of carbonyl (C=O) groups is 2. The Morgan fingerprint density at radius 1 is 0.970 bits per heavy atom. The number of amides is 2. The van der Waals surface area contributed by atoms with Gasteiger partial charge in [-0.15, -0.1) is 11.3 Å². The minimum atomic E-state index is -4.35. The zero-order valence-electron chi connectivity index (χ0n) is 18.0. The molecule has 1 saturated carbocycles. The second-order valence-electron chi connectivity index (χ2n) is 8.25. The van der Waals surface area contributed by atoms with Gasteiger partial charge in [-0.05, 0) is 62.1 Å². The van der Waals surface area contributed by atoms with Crippen molar-refractivity contribution in [1.29, 1.82) is 0 Å². The fraction of sp³-hybridized carbons (Fsp3) is 0.333. The van der Waals surface area contributed by atoms with E-state index >= 15 is 0 Å². The fourth-order valence-corrected chi connectivity index (χ4v) is 5.09. The Morgan fingerprint density at radius 2 is 1.67 bits per heavy atom. The van der Waals surface area contributed by atoms with E-state index in [1.165, 1.54) is 13.0 Å². The average Bonchev–Trinajstić information content (AvgIpc) is 3.21. The molecular formula is C24H24F3N3O2S. The highest BCUT2D eigenvalue weighted by atomic mass is 32.1. The first-order valence-electron chi connectivity index (χ1n) is 10.7. The summed E-state index contributed by atoms with van der Waals surface area (Å²) < 4.78 is 39.9. The van der Waals surface area contributed by atoms with Crippen LogP contribution in [-0.4, -0.2) is 23.9 Å². The number of thiophene rings is 1. The van der Waals surface area contributed by atoms with E-state index in [1.54, 1.807) is 36.4 Å². The van der Waals surface area contributed by atoms with Crippen molar-refractivity contribution in [1.82, 2.24) is 5.32 Å². The van der Waals surface area contributed by atoms with Crippen molar-refractivity contribution in [2.75, 3.05) is 10.6 Å². The van der Waals surface area contributed by atoms with Gasteiger partial charge in [0.2, 0.25) is 5.91 Å². The van der Waals surface area contributed by atoms with E-state index in [-0.39, 0.29) is 23.9 Å². The van der Waals surface area contributed by atoms with Crippen LogP contribution in [0.5, 0.6) is 0 Å². The molecule has 2 amide bonds. The molecule has 0 radical (unpaired) electrons. The molecule has 0 aliphatic heterocycles. The number of anilines is 2. The van der Waals surface area contributed by atoms with Gasteiger partial charge in [0.25, 0.3) is 5.91 Å². The van der Waals surface area contributed by atoms with E-state index in [4.69, 9.17) is 0 Å². The van der Waals surface area contributed by atoms with Crippen molar-refractivity contribution in [2.45, 2.75) is 50.9 Å². The highest BCUT2D eigenvalue weighted by molar-refractivity contribution is 7.19. The Morgan fingerprint density at radius 3 is 2.36 bits per heavy atom. The van der Waals surface area contributed by atoms with E-state index in [9.17, 15) is 22.8 Å². The maximum Gasteiger partial charge on any atom is 0.425 e. The second kappa shape index (κ2) is 9.43. The van der Waals surface area contributed by atoms with Crippen LogP contribution in [0.2, 0.25) is 0 Å². The van der Waals surface area contributed by atoms with Crippen molar-refractivity contribution in [3.63, 3.8) is 0 Å².